The molecule has 1 saturated carbocycles. The van der Waals surface area contributed by atoms with Crippen LogP contribution in [0.3, 0.4) is 0 Å². The molecule has 2 atom stereocenters. The minimum Gasteiger partial charge on any atom is -0.396 e. The third-order valence-electron chi connectivity index (χ3n) is 8.30. The molecule has 2 bridgehead atoms. The number of morpholine rings is 1. The van der Waals surface area contributed by atoms with Crippen LogP contribution in [0.2, 0.25) is 0 Å². The zero-order valence-electron chi connectivity index (χ0n) is 20.7. The summed E-state index contributed by atoms with van der Waals surface area (Å²) in [4.78, 5) is 34.1. The number of nitrogens with one attached hydrogen (secondary N) is 1. The molecule has 3 aliphatic heterocycles. The zero-order valence-corrected chi connectivity index (χ0v) is 20.7. The average Bonchev–Trinajstić information content (AvgIpc) is 3.63. The van der Waals surface area contributed by atoms with Crippen molar-refractivity contribution >= 4 is 23.2 Å². The van der Waals surface area contributed by atoms with Gasteiger partial charge in [-0.05, 0) is 67.9 Å². The molecule has 6 rings (SSSR count). The Morgan fingerprint density at radius 1 is 1.13 bits per heavy atom. The number of fused-ring (bicyclic) bond motifs is 3. The minimum absolute atomic E-state index is 0.0493. The number of hydrogen-bond acceptors (Lipinski definition) is 6. The maximum absolute atomic E-state index is 13.5. The average molecular weight is 531 g/mol. The van der Waals surface area contributed by atoms with Gasteiger partial charge < -0.3 is 25.0 Å². The number of nitrogens with zero attached hydrogens (tertiary/aromatic N) is 3. The lowest BCUT2D eigenvalue weighted by molar-refractivity contribution is -0.141. The Hall–Kier alpha value is -3.18. The van der Waals surface area contributed by atoms with Gasteiger partial charge in [0.05, 0.1) is 30.1 Å². The van der Waals surface area contributed by atoms with Crippen LogP contribution in [-0.4, -0.2) is 64.8 Å². The molecule has 4 heterocycles. The Kier molecular flexibility index (Phi) is 6.30. The van der Waals surface area contributed by atoms with Crippen LogP contribution in [0.15, 0.2) is 30.3 Å². The molecular formula is C27H29F3N4O4. The molecule has 202 valence electrons. The SMILES string of the molecule is O=C(Nc1cc2c(cc1N1C[C@H]3C[C@@H]1CO3)C(=O)N(C1CCC(CO)CC1)C2)c1cccc(C(F)(F)F)n1. The monoisotopic (exact) mass is 530 g/mol. The van der Waals surface area contributed by atoms with Crippen molar-refractivity contribution in [1.29, 1.82) is 0 Å². The number of halogens is 3. The summed E-state index contributed by atoms with van der Waals surface area (Å²) < 4.78 is 45.2. The molecule has 1 aliphatic carbocycles. The van der Waals surface area contributed by atoms with E-state index in [9.17, 15) is 27.9 Å². The van der Waals surface area contributed by atoms with Gasteiger partial charge in [-0.25, -0.2) is 4.98 Å². The number of aliphatic hydroxyl groups excluding tert-OH is 1. The summed E-state index contributed by atoms with van der Waals surface area (Å²) in [5.41, 5.74) is 0.999. The predicted molar refractivity (Wildman–Crippen MR) is 132 cm³/mol. The Balaban J connectivity index is 1.30. The fraction of sp³-hybridized carbons (Fsp3) is 0.519. The van der Waals surface area contributed by atoms with Gasteiger partial charge in [-0.15, -0.1) is 0 Å². The van der Waals surface area contributed by atoms with E-state index >= 15 is 0 Å². The third-order valence-corrected chi connectivity index (χ3v) is 8.30. The molecule has 1 aromatic heterocycles. The van der Waals surface area contributed by atoms with Crippen molar-refractivity contribution in [2.75, 3.05) is 30.0 Å². The lowest BCUT2D eigenvalue weighted by Gasteiger charge is -2.34. The smallest absolute Gasteiger partial charge is 0.396 e. The van der Waals surface area contributed by atoms with Gasteiger partial charge in [0, 0.05) is 31.3 Å². The largest absolute Gasteiger partial charge is 0.433 e. The summed E-state index contributed by atoms with van der Waals surface area (Å²) in [6.07, 6.45) is -0.358. The van der Waals surface area contributed by atoms with Gasteiger partial charge >= 0.3 is 6.18 Å². The first-order valence-electron chi connectivity index (χ1n) is 13.0. The van der Waals surface area contributed by atoms with Gasteiger partial charge in [0.25, 0.3) is 11.8 Å². The van der Waals surface area contributed by atoms with E-state index in [0.717, 1.165) is 49.8 Å². The Morgan fingerprint density at radius 3 is 2.58 bits per heavy atom. The first-order valence-corrected chi connectivity index (χ1v) is 13.0. The molecule has 0 unspecified atom stereocenters. The number of pyridine rings is 1. The van der Waals surface area contributed by atoms with Crippen LogP contribution < -0.4 is 10.2 Å². The molecule has 11 heteroatoms. The van der Waals surface area contributed by atoms with Crippen molar-refractivity contribution in [3.05, 3.63) is 52.8 Å². The fourth-order valence-corrected chi connectivity index (χ4v) is 6.24. The molecule has 8 nitrogen and oxygen atoms in total. The van der Waals surface area contributed by atoms with E-state index in [1.54, 1.807) is 6.07 Å². The Bertz CT molecular complexity index is 1260. The normalized spacial score (nSPS) is 26.7. The molecule has 1 aromatic carbocycles. The second-order valence-electron chi connectivity index (χ2n) is 10.7. The molecule has 2 saturated heterocycles. The number of aliphatic hydroxyl groups is 1. The number of alkyl halides is 3. The van der Waals surface area contributed by atoms with Crippen molar-refractivity contribution in [3.63, 3.8) is 0 Å². The molecule has 0 radical (unpaired) electrons. The number of ether oxygens (including phenoxy) is 1. The van der Waals surface area contributed by atoms with Crippen LogP contribution in [0.5, 0.6) is 0 Å². The van der Waals surface area contributed by atoms with Gasteiger partial charge in [0.15, 0.2) is 0 Å². The number of aromatic nitrogens is 1. The number of carbonyl (C=O) groups excluding carboxylic acids is 2. The molecule has 0 spiro atoms. The lowest BCUT2D eigenvalue weighted by Crippen LogP contribution is -2.39. The number of rotatable bonds is 5. The lowest BCUT2D eigenvalue weighted by atomic mass is 9.86. The van der Waals surface area contributed by atoms with E-state index in [1.165, 1.54) is 6.07 Å². The van der Waals surface area contributed by atoms with Gasteiger partial charge in [0.2, 0.25) is 0 Å². The summed E-state index contributed by atoms with van der Waals surface area (Å²) in [6, 6.07) is 7.01. The van der Waals surface area contributed by atoms with E-state index in [1.807, 2.05) is 11.0 Å². The first kappa shape index (κ1) is 25.1. The van der Waals surface area contributed by atoms with E-state index in [2.05, 4.69) is 15.2 Å². The van der Waals surface area contributed by atoms with E-state index in [4.69, 9.17) is 4.74 Å². The summed E-state index contributed by atoms with van der Waals surface area (Å²) >= 11 is 0. The number of amides is 2. The third kappa shape index (κ3) is 4.51. The number of anilines is 2. The highest BCUT2D eigenvalue weighted by molar-refractivity contribution is 6.07. The van der Waals surface area contributed by atoms with Gasteiger partial charge in [-0.3, -0.25) is 9.59 Å². The summed E-state index contributed by atoms with van der Waals surface area (Å²) in [6.45, 7) is 1.72. The Morgan fingerprint density at radius 2 is 1.92 bits per heavy atom. The van der Waals surface area contributed by atoms with Crippen LogP contribution in [0.25, 0.3) is 0 Å². The van der Waals surface area contributed by atoms with Gasteiger partial charge in [0.1, 0.15) is 11.4 Å². The fourth-order valence-electron chi connectivity index (χ4n) is 6.24. The van der Waals surface area contributed by atoms with Crippen LogP contribution in [-0.2, 0) is 17.5 Å². The number of hydrogen-bond donors (Lipinski definition) is 2. The number of benzene rings is 1. The molecule has 3 fully saturated rings. The maximum Gasteiger partial charge on any atom is 0.433 e. The number of carbonyl (C=O) groups is 2. The first-order chi connectivity index (χ1) is 18.2. The van der Waals surface area contributed by atoms with Gasteiger partial charge in [-0.2, -0.15) is 13.2 Å². The molecule has 2 N–H and O–H groups in total. The van der Waals surface area contributed by atoms with Gasteiger partial charge in [-0.1, -0.05) is 6.07 Å². The quantitative estimate of drug-likeness (QED) is 0.610. The second kappa shape index (κ2) is 9.53. The summed E-state index contributed by atoms with van der Waals surface area (Å²) in [5.74, 6) is -0.523. The highest BCUT2D eigenvalue weighted by atomic mass is 19.4. The zero-order chi connectivity index (χ0) is 26.6. The summed E-state index contributed by atoms with van der Waals surface area (Å²) in [5, 5.41) is 12.3. The molecule has 2 amide bonds. The topological polar surface area (TPSA) is 95.0 Å². The van der Waals surface area contributed by atoms with Crippen molar-refractivity contribution in [2.24, 2.45) is 5.92 Å². The van der Waals surface area contributed by atoms with E-state index < -0.39 is 17.8 Å². The van der Waals surface area contributed by atoms with Crippen molar-refractivity contribution in [2.45, 2.75) is 63.0 Å². The maximum atomic E-state index is 13.5. The predicted octanol–water partition coefficient (Wildman–Crippen LogP) is 3.84. The minimum atomic E-state index is -4.66. The van der Waals surface area contributed by atoms with Crippen LogP contribution in [0, 0.1) is 5.92 Å². The van der Waals surface area contributed by atoms with Crippen LogP contribution in [0.4, 0.5) is 24.5 Å². The van der Waals surface area contributed by atoms with Crippen LogP contribution in [0.1, 0.15) is 64.2 Å². The van der Waals surface area contributed by atoms with E-state index in [-0.39, 0.29) is 42.3 Å². The molecule has 2 aromatic rings. The molecule has 38 heavy (non-hydrogen) atoms. The second-order valence-corrected chi connectivity index (χ2v) is 10.7. The molecular weight excluding hydrogens is 501 g/mol. The highest BCUT2D eigenvalue weighted by Gasteiger charge is 2.42. The standard InChI is InChI=1S/C27H29F3N4O4/c28-27(29,30)24-3-1-2-21(31-24)25(36)32-22-8-16-11-34(17-6-4-15(13-35)5-7-17)26(37)20(16)10-23(22)33-12-19-9-18(33)14-38-19/h1-3,8,10,15,17-19,35H,4-7,9,11-14H2,(H,32,36)/t15?,17?,18-,19-/m1/s1. The van der Waals surface area contributed by atoms with Crippen molar-refractivity contribution in [1.82, 2.24) is 9.88 Å². The van der Waals surface area contributed by atoms with E-state index in [0.29, 0.717) is 36.6 Å². The highest BCUT2D eigenvalue weighted by Crippen LogP contribution is 2.42. The van der Waals surface area contributed by atoms with Crippen LogP contribution >= 0.6 is 0 Å². The molecule has 4 aliphatic rings. The van der Waals surface area contributed by atoms with Crippen molar-refractivity contribution in [3.8, 4) is 0 Å². The Labute approximate surface area is 217 Å². The summed E-state index contributed by atoms with van der Waals surface area (Å²) in [7, 11) is 0. The van der Waals surface area contributed by atoms with Crippen molar-refractivity contribution < 1.29 is 32.6 Å².